The molecule has 2 N–H and O–H groups in total. The van der Waals surface area contributed by atoms with Gasteiger partial charge in [-0.15, -0.1) is 5.10 Å². The lowest BCUT2D eigenvalue weighted by Crippen LogP contribution is -2.58. The van der Waals surface area contributed by atoms with Crippen molar-refractivity contribution >= 4 is 27.5 Å². The van der Waals surface area contributed by atoms with Crippen LogP contribution in [-0.2, 0) is 0 Å². The van der Waals surface area contributed by atoms with Gasteiger partial charge in [0.15, 0.2) is 0 Å². The number of anilines is 1. The van der Waals surface area contributed by atoms with Crippen molar-refractivity contribution in [3.8, 4) is 5.88 Å². The van der Waals surface area contributed by atoms with Crippen LogP contribution in [0.15, 0.2) is 10.9 Å². The van der Waals surface area contributed by atoms with Crippen molar-refractivity contribution in [1.29, 1.82) is 0 Å². The van der Waals surface area contributed by atoms with Gasteiger partial charge in [0.05, 0.1) is 18.2 Å². The van der Waals surface area contributed by atoms with Crippen molar-refractivity contribution in [1.82, 2.24) is 19.5 Å². The molecule has 9 nitrogen and oxygen atoms in total. The van der Waals surface area contributed by atoms with Crippen LogP contribution >= 0.6 is 11.3 Å². The number of hydrogen-bond acceptors (Lipinski definition) is 7. The van der Waals surface area contributed by atoms with Gasteiger partial charge in [0.2, 0.25) is 16.0 Å². The monoisotopic (exact) mass is 325 g/mol. The fourth-order valence-electron chi connectivity index (χ4n) is 2.77. The van der Waals surface area contributed by atoms with E-state index < -0.39 is 11.7 Å². The number of carbonyl (C=O) groups is 1. The standard InChI is InChI=1S/C12H15N5O4S/c1-6-4-15(5-7(2)16(6)12(20)21)11-14-17-9(19)3-8(18)13-10(17)22-11/h3,6-7,18H,4-5H2,1-2H3,(H,20,21)/t6-,7+. The van der Waals surface area contributed by atoms with Gasteiger partial charge in [0.1, 0.15) is 0 Å². The minimum atomic E-state index is -0.938. The van der Waals surface area contributed by atoms with E-state index >= 15 is 0 Å². The molecule has 0 saturated carbocycles. The zero-order valence-corrected chi connectivity index (χ0v) is 12.8. The molecule has 0 aliphatic carbocycles. The predicted molar refractivity (Wildman–Crippen MR) is 79.8 cm³/mol. The highest BCUT2D eigenvalue weighted by atomic mass is 32.1. The molecule has 2 aromatic heterocycles. The molecule has 10 heteroatoms. The fourth-order valence-corrected chi connectivity index (χ4v) is 3.69. The van der Waals surface area contributed by atoms with Crippen LogP contribution < -0.4 is 10.5 Å². The number of aromatic nitrogens is 3. The molecule has 0 spiro atoms. The van der Waals surface area contributed by atoms with Crippen LogP contribution in [0.1, 0.15) is 13.8 Å². The number of rotatable bonds is 1. The van der Waals surface area contributed by atoms with E-state index in [0.717, 1.165) is 10.6 Å². The van der Waals surface area contributed by atoms with E-state index in [1.165, 1.54) is 16.2 Å². The van der Waals surface area contributed by atoms with Crippen LogP contribution in [-0.4, -0.2) is 61.0 Å². The molecule has 1 aliphatic heterocycles. The quantitative estimate of drug-likeness (QED) is 0.782. The fraction of sp³-hybridized carbons (Fsp3) is 0.500. The third-order valence-electron chi connectivity index (χ3n) is 3.63. The molecular weight excluding hydrogens is 310 g/mol. The summed E-state index contributed by atoms with van der Waals surface area (Å²) in [5, 5.41) is 23.4. The van der Waals surface area contributed by atoms with Crippen LogP contribution in [0.3, 0.4) is 0 Å². The number of aromatic hydroxyl groups is 1. The number of piperazine rings is 1. The number of carboxylic acid groups (broad SMARTS) is 1. The van der Waals surface area contributed by atoms with Crippen molar-refractivity contribution in [2.75, 3.05) is 18.0 Å². The molecular formula is C12H15N5O4S. The summed E-state index contributed by atoms with van der Waals surface area (Å²) in [4.78, 5) is 30.6. The zero-order chi connectivity index (χ0) is 16.0. The minimum Gasteiger partial charge on any atom is -0.493 e. The Labute approximate surface area is 129 Å². The third kappa shape index (κ3) is 2.34. The lowest BCUT2D eigenvalue weighted by Gasteiger charge is -2.42. The number of nitrogens with zero attached hydrogens (tertiary/aromatic N) is 5. The van der Waals surface area contributed by atoms with Gasteiger partial charge in [-0.2, -0.15) is 9.50 Å². The SMILES string of the molecule is C[C@@H]1CN(c2nn3c(=O)cc(O)nc3s2)C[C@H](C)N1C(=O)O. The Kier molecular flexibility index (Phi) is 3.39. The van der Waals surface area contributed by atoms with Gasteiger partial charge in [0, 0.05) is 13.1 Å². The van der Waals surface area contributed by atoms with Crippen molar-refractivity contribution < 1.29 is 15.0 Å². The third-order valence-corrected chi connectivity index (χ3v) is 4.60. The summed E-state index contributed by atoms with van der Waals surface area (Å²) < 4.78 is 1.14. The van der Waals surface area contributed by atoms with Gasteiger partial charge in [-0.25, -0.2) is 4.79 Å². The molecule has 1 amide bonds. The molecule has 1 aliphatic rings. The summed E-state index contributed by atoms with van der Waals surface area (Å²) >= 11 is 1.19. The summed E-state index contributed by atoms with van der Waals surface area (Å²) in [5.74, 6) is -0.336. The summed E-state index contributed by atoms with van der Waals surface area (Å²) in [5.41, 5.74) is -0.449. The smallest absolute Gasteiger partial charge is 0.407 e. The van der Waals surface area contributed by atoms with Crippen molar-refractivity contribution in [3.05, 3.63) is 16.4 Å². The Bertz CT molecular complexity index is 775. The molecule has 0 aromatic carbocycles. The van der Waals surface area contributed by atoms with E-state index in [4.69, 9.17) is 0 Å². The van der Waals surface area contributed by atoms with Crippen LogP contribution in [0.25, 0.3) is 4.96 Å². The van der Waals surface area contributed by atoms with Crippen LogP contribution in [0.5, 0.6) is 5.88 Å². The summed E-state index contributed by atoms with van der Waals surface area (Å²) in [6.07, 6.45) is -0.938. The van der Waals surface area contributed by atoms with Crippen LogP contribution in [0, 0.1) is 0 Å². The Balaban J connectivity index is 1.94. The van der Waals surface area contributed by atoms with Crippen molar-refractivity contribution in [3.63, 3.8) is 0 Å². The largest absolute Gasteiger partial charge is 0.493 e. The van der Waals surface area contributed by atoms with Crippen molar-refractivity contribution in [2.45, 2.75) is 25.9 Å². The Morgan fingerprint density at radius 2 is 2.00 bits per heavy atom. The minimum absolute atomic E-state index is 0.189. The highest BCUT2D eigenvalue weighted by molar-refractivity contribution is 7.20. The molecule has 3 rings (SSSR count). The van der Waals surface area contributed by atoms with Gasteiger partial charge >= 0.3 is 6.09 Å². The first-order valence-electron chi connectivity index (χ1n) is 6.73. The molecule has 0 unspecified atom stereocenters. The molecule has 2 atom stereocenters. The zero-order valence-electron chi connectivity index (χ0n) is 12.0. The van der Waals surface area contributed by atoms with Crippen molar-refractivity contribution in [2.24, 2.45) is 0 Å². The second kappa shape index (κ2) is 5.13. The Hall–Kier alpha value is -2.36. The van der Waals surface area contributed by atoms with Gasteiger partial charge in [0.25, 0.3) is 5.56 Å². The second-order valence-electron chi connectivity index (χ2n) is 5.32. The van der Waals surface area contributed by atoms with E-state index in [1.54, 1.807) is 0 Å². The van der Waals surface area contributed by atoms with Gasteiger partial charge in [-0.05, 0) is 13.8 Å². The second-order valence-corrected chi connectivity index (χ2v) is 6.26. The normalized spacial score (nSPS) is 22.3. The maximum atomic E-state index is 11.8. The van der Waals surface area contributed by atoms with E-state index in [9.17, 15) is 19.8 Å². The molecule has 22 heavy (non-hydrogen) atoms. The average Bonchev–Trinajstić information content (AvgIpc) is 2.81. The first-order valence-corrected chi connectivity index (χ1v) is 7.54. The van der Waals surface area contributed by atoms with E-state index in [-0.39, 0.29) is 18.0 Å². The molecule has 1 saturated heterocycles. The number of amides is 1. The van der Waals surface area contributed by atoms with Gasteiger partial charge in [-0.3, -0.25) is 9.69 Å². The maximum absolute atomic E-state index is 11.8. The summed E-state index contributed by atoms with van der Waals surface area (Å²) in [6, 6.07) is 0.627. The number of hydrogen-bond donors (Lipinski definition) is 2. The average molecular weight is 325 g/mol. The molecule has 2 aromatic rings. The first-order chi connectivity index (χ1) is 10.4. The highest BCUT2D eigenvalue weighted by Crippen LogP contribution is 2.26. The Morgan fingerprint density at radius 3 is 2.59 bits per heavy atom. The number of fused-ring (bicyclic) bond motifs is 1. The lowest BCUT2D eigenvalue weighted by molar-refractivity contribution is 0.0982. The molecule has 118 valence electrons. The van der Waals surface area contributed by atoms with E-state index in [0.29, 0.717) is 23.2 Å². The van der Waals surface area contributed by atoms with E-state index in [2.05, 4.69) is 10.1 Å². The first kappa shape index (κ1) is 14.6. The summed E-state index contributed by atoms with van der Waals surface area (Å²) in [7, 11) is 0. The van der Waals surface area contributed by atoms with E-state index in [1.807, 2.05) is 18.7 Å². The van der Waals surface area contributed by atoms with Gasteiger partial charge in [-0.1, -0.05) is 11.3 Å². The van der Waals surface area contributed by atoms with Crippen LogP contribution in [0.4, 0.5) is 9.93 Å². The van der Waals surface area contributed by atoms with Crippen LogP contribution in [0.2, 0.25) is 0 Å². The lowest BCUT2D eigenvalue weighted by atomic mass is 10.1. The predicted octanol–water partition coefficient (Wildman–Crippen LogP) is 0.434. The molecule has 3 heterocycles. The molecule has 0 bridgehead atoms. The Morgan fingerprint density at radius 1 is 1.36 bits per heavy atom. The topological polar surface area (TPSA) is 111 Å². The maximum Gasteiger partial charge on any atom is 0.407 e. The van der Waals surface area contributed by atoms with Gasteiger partial charge < -0.3 is 15.1 Å². The molecule has 1 fully saturated rings. The summed E-state index contributed by atoms with van der Waals surface area (Å²) in [6.45, 7) is 4.63. The highest BCUT2D eigenvalue weighted by Gasteiger charge is 2.34. The molecule has 0 radical (unpaired) electrons.